The van der Waals surface area contributed by atoms with E-state index in [1.54, 1.807) is 0 Å². The normalized spacial score (nSPS) is 11.5. The Kier molecular flexibility index (Phi) is 17.0. The highest BCUT2D eigenvalue weighted by Gasteiger charge is 2.06. The SMILES string of the molecule is CC(C)CCCOCCOCC(=O)CCCOCCOCC(=O)C(C)C. The highest BCUT2D eigenvalue weighted by molar-refractivity contribution is 5.81. The largest absolute Gasteiger partial charge is 0.379 e. The van der Waals surface area contributed by atoms with Gasteiger partial charge in [0.05, 0.1) is 26.4 Å². The van der Waals surface area contributed by atoms with Gasteiger partial charge in [0.1, 0.15) is 13.2 Å². The Morgan fingerprint density at radius 2 is 1.23 bits per heavy atom. The van der Waals surface area contributed by atoms with Crippen molar-refractivity contribution in [3.63, 3.8) is 0 Å². The van der Waals surface area contributed by atoms with Crippen molar-refractivity contribution in [3.8, 4) is 0 Å². The molecule has 0 aliphatic heterocycles. The quantitative estimate of drug-likeness (QED) is 0.324. The van der Waals surface area contributed by atoms with Crippen LogP contribution in [0.15, 0.2) is 0 Å². The average Bonchev–Trinajstić information content (AvgIpc) is 2.58. The van der Waals surface area contributed by atoms with Gasteiger partial charge in [0.25, 0.3) is 0 Å². The molecule has 0 aromatic rings. The molecule has 154 valence electrons. The predicted octanol–water partition coefficient (Wildman–Crippen LogP) is 3.06. The second-order valence-electron chi connectivity index (χ2n) is 7.13. The summed E-state index contributed by atoms with van der Waals surface area (Å²) in [6.07, 6.45) is 3.35. The summed E-state index contributed by atoms with van der Waals surface area (Å²) in [6, 6.07) is 0. The molecule has 0 radical (unpaired) electrons. The molecule has 0 aromatic carbocycles. The van der Waals surface area contributed by atoms with Crippen molar-refractivity contribution in [1.29, 1.82) is 0 Å². The highest BCUT2D eigenvalue weighted by Crippen LogP contribution is 2.03. The first-order valence-corrected chi connectivity index (χ1v) is 9.78. The minimum Gasteiger partial charge on any atom is -0.379 e. The number of hydrogen-bond donors (Lipinski definition) is 0. The third-order valence-electron chi connectivity index (χ3n) is 3.71. The fraction of sp³-hybridized carbons (Fsp3) is 0.900. The summed E-state index contributed by atoms with van der Waals surface area (Å²) in [5, 5.41) is 0. The van der Waals surface area contributed by atoms with Crippen molar-refractivity contribution >= 4 is 11.6 Å². The van der Waals surface area contributed by atoms with Crippen molar-refractivity contribution in [2.24, 2.45) is 11.8 Å². The van der Waals surface area contributed by atoms with Gasteiger partial charge in [-0.25, -0.2) is 0 Å². The van der Waals surface area contributed by atoms with Crippen molar-refractivity contribution < 1.29 is 28.5 Å². The first kappa shape index (κ1) is 25.2. The van der Waals surface area contributed by atoms with Gasteiger partial charge < -0.3 is 18.9 Å². The first-order chi connectivity index (χ1) is 12.4. The maximum absolute atomic E-state index is 11.6. The number of Topliss-reactive ketones (excluding diaryl/α,β-unsaturated/α-hetero) is 2. The third-order valence-corrected chi connectivity index (χ3v) is 3.71. The Hall–Kier alpha value is -0.820. The fourth-order valence-corrected chi connectivity index (χ4v) is 2.00. The van der Waals surface area contributed by atoms with Crippen LogP contribution < -0.4 is 0 Å². The molecule has 0 saturated carbocycles. The van der Waals surface area contributed by atoms with Crippen molar-refractivity contribution in [2.75, 3.05) is 52.9 Å². The fourth-order valence-electron chi connectivity index (χ4n) is 2.00. The summed E-state index contributed by atoms with van der Waals surface area (Å²) < 4.78 is 21.4. The molecule has 0 aliphatic rings. The van der Waals surface area contributed by atoms with Gasteiger partial charge >= 0.3 is 0 Å². The number of ether oxygens (including phenoxy) is 4. The molecule has 0 saturated heterocycles. The molecular formula is C20H38O6. The van der Waals surface area contributed by atoms with E-state index in [1.807, 2.05) is 13.8 Å². The van der Waals surface area contributed by atoms with E-state index in [0.29, 0.717) is 51.8 Å². The van der Waals surface area contributed by atoms with Crippen LogP contribution in [0.25, 0.3) is 0 Å². The van der Waals surface area contributed by atoms with E-state index in [2.05, 4.69) is 13.8 Å². The Bertz CT molecular complexity index is 354. The molecule has 0 amide bonds. The standard InChI is InChI=1S/C20H38O6/c1-17(2)7-5-9-23-11-13-25-15-19(21)8-6-10-24-12-14-26-16-20(22)18(3)4/h17-18H,5-16H2,1-4H3. The predicted molar refractivity (Wildman–Crippen MR) is 101 cm³/mol. The van der Waals surface area contributed by atoms with E-state index in [-0.39, 0.29) is 30.7 Å². The van der Waals surface area contributed by atoms with Crippen LogP contribution in [0.1, 0.15) is 53.4 Å². The summed E-state index contributed by atoms with van der Waals surface area (Å²) in [5.41, 5.74) is 0. The van der Waals surface area contributed by atoms with Gasteiger partial charge in [-0.1, -0.05) is 27.7 Å². The summed E-state index contributed by atoms with van der Waals surface area (Å²) in [6.45, 7) is 11.4. The second-order valence-corrected chi connectivity index (χ2v) is 7.13. The number of ketones is 2. The molecular weight excluding hydrogens is 336 g/mol. The second kappa shape index (κ2) is 17.6. The summed E-state index contributed by atoms with van der Waals surface area (Å²) >= 11 is 0. The van der Waals surface area contributed by atoms with Gasteiger partial charge in [-0.3, -0.25) is 9.59 Å². The number of carbonyl (C=O) groups is 2. The zero-order valence-electron chi connectivity index (χ0n) is 17.1. The summed E-state index contributed by atoms with van der Waals surface area (Å²) in [7, 11) is 0. The third kappa shape index (κ3) is 18.0. The maximum Gasteiger partial charge on any atom is 0.160 e. The Labute approximate surface area is 158 Å². The number of rotatable bonds is 19. The first-order valence-electron chi connectivity index (χ1n) is 9.78. The van der Waals surface area contributed by atoms with Crippen molar-refractivity contribution in [1.82, 2.24) is 0 Å². The van der Waals surface area contributed by atoms with Gasteiger partial charge in [-0.05, 0) is 25.2 Å². The Morgan fingerprint density at radius 1 is 0.692 bits per heavy atom. The van der Waals surface area contributed by atoms with Crippen LogP contribution in [0, 0.1) is 11.8 Å². The van der Waals surface area contributed by atoms with E-state index >= 15 is 0 Å². The van der Waals surface area contributed by atoms with Crippen LogP contribution >= 0.6 is 0 Å². The van der Waals surface area contributed by atoms with E-state index in [1.165, 1.54) is 6.42 Å². The van der Waals surface area contributed by atoms with Crippen LogP contribution in [-0.2, 0) is 28.5 Å². The van der Waals surface area contributed by atoms with Crippen LogP contribution in [0.5, 0.6) is 0 Å². The lowest BCUT2D eigenvalue weighted by Gasteiger charge is -2.07. The lowest BCUT2D eigenvalue weighted by atomic mass is 10.1. The van der Waals surface area contributed by atoms with Crippen LogP contribution in [0.3, 0.4) is 0 Å². The van der Waals surface area contributed by atoms with Crippen LogP contribution in [0.4, 0.5) is 0 Å². The van der Waals surface area contributed by atoms with E-state index in [0.717, 1.165) is 13.0 Å². The molecule has 26 heavy (non-hydrogen) atoms. The number of hydrogen-bond acceptors (Lipinski definition) is 6. The van der Waals surface area contributed by atoms with E-state index in [4.69, 9.17) is 18.9 Å². The van der Waals surface area contributed by atoms with Gasteiger partial charge in [0.2, 0.25) is 0 Å². The zero-order chi connectivity index (χ0) is 19.6. The minimum atomic E-state index is 0.000544. The highest BCUT2D eigenvalue weighted by atomic mass is 16.5. The lowest BCUT2D eigenvalue weighted by Crippen LogP contribution is -2.17. The molecule has 0 N–H and O–H groups in total. The molecule has 0 atom stereocenters. The van der Waals surface area contributed by atoms with Crippen molar-refractivity contribution in [3.05, 3.63) is 0 Å². The molecule has 0 unspecified atom stereocenters. The maximum atomic E-state index is 11.6. The van der Waals surface area contributed by atoms with Crippen LogP contribution in [0.2, 0.25) is 0 Å². The summed E-state index contributed by atoms with van der Waals surface area (Å²) in [4.78, 5) is 23.0. The van der Waals surface area contributed by atoms with Gasteiger partial charge in [-0.2, -0.15) is 0 Å². The van der Waals surface area contributed by atoms with Crippen molar-refractivity contribution in [2.45, 2.75) is 53.4 Å². The Balaban J connectivity index is 3.26. The molecule has 6 nitrogen and oxygen atoms in total. The molecule has 0 spiro atoms. The smallest absolute Gasteiger partial charge is 0.160 e. The molecule has 0 bridgehead atoms. The average molecular weight is 375 g/mol. The van der Waals surface area contributed by atoms with E-state index < -0.39 is 0 Å². The van der Waals surface area contributed by atoms with Gasteiger partial charge in [-0.15, -0.1) is 0 Å². The van der Waals surface area contributed by atoms with Gasteiger partial charge in [0.15, 0.2) is 11.6 Å². The van der Waals surface area contributed by atoms with Crippen LogP contribution in [-0.4, -0.2) is 64.4 Å². The molecule has 0 aromatic heterocycles. The monoisotopic (exact) mass is 374 g/mol. The molecule has 0 aliphatic carbocycles. The Morgan fingerprint density at radius 3 is 1.81 bits per heavy atom. The number of carbonyl (C=O) groups excluding carboxylic acids is 2. The minimum absolute atomic E-state index is 0.000544. The summed E-state index contributed by atoms with van der Waals surface area (Å²) in [5.74, 6) is 0.877. The van der Waals surface area contributed by atoms with Gasteiger partial charge in [0, 0.05) is 25.6 Å². The molecule has 6 heteroatoms. The zero-order valence-corrected chi connectivity index (χ0v) is 17.1. The molecule has 0 heterocycles. The van der Waals surface area contributed by atoms with E-state index in [9.17, 15) is 9.59 Å². The lowest BCUT2D eigenvalue weighted by molar-refractivity contribution is -0.127. The molecule has 0 fully saturated rings. The topological polar surface area (TPSA) is 71.1 Å². The molecule has 0 rings (SSSR count).